The van der Waals surface area contributed by atoms with Crippen molar-refractivity contribution in [2.75, 3.05) is 0 Å². The molecule has 2 atom stereocenters. The third kappa shape index (κ3) is 4.56. The van der Waals surface area contributed by atoms with E-state index in [1.165, 1.54) is 44.1 Å². The Balaban J connectivity index is 1.09. The van der Waals surface area contributed by atoms with Crippen molar-refractivity contribution < 1.29 is 4.42 Å². The molecular weight excluding hydrogens is 645 g/mol. The van der Waals surface area contributed by atoms with E-state index in [-0.39, 0.29) is 11.4 Å². The van der Waals surface area contributed by atoms with Crippen LogP contribution in [-0.4, -0.2) is 23.3 Å². The molecule has 2 aromatic heterocycles. The number of aromatic nitrogens is 1. The molecule has 2 aliphatic carbocycles. The standard InChI is InChI=1S/C48H36BN3O/c1-48(2)38-21-11-9-18-32(38)36-27-37-33-19-10-12-22-40(33)52(41(37)28-39(36)48)31-24-25-34-43(26-31)53-42-23-13-20-35(44(34)42)47-50-45(29-14-5-3-6-15-29)49-46(51-47)30-16-7-4-8-17-30/h3-17,19-28,32,45,49H,18H2,1-2H3. The molecule has 3 aliphatic rings. The van der Waals surface area contributed by atoms with Gasteiger partial charge < -0.3 is 8.98 Å². The Hall–Kier alpha value is -6.20. The molecule has 0 saturated heterocycles. The zero-order valence-corrected chi connectivity index (χ0v) is 29.8. The van der Waals surface area contributed by atoms with Gasteiger partial charge in [-0.05, 0) is 65.1 Å². The number of allylic oxidation sites excluding steroid dienone is 4. The van der Waals surface area contributed by atoms with Crippen LogP contribution >= 0.6 is 0 Å². The predicted octanol–water partition coefficient (Wildman–Crippen LogP) is 11.3. The van der Waals surface area contributed by atoms with Crippen molar-refractivity contribution in [1.29, 1.82) is 0 Å². The van der Waals surface area contributed by atoms with Crippen LogP contribution in [0.1, 0.15) is 59.9 Å². The number of amidine groups is 1. The van der Waals surface area contributed by atoms with Gasteiger partial charge in [-0.3, -0.25) is 4.99 Å². The number of nitrogens with zero attached hydrogens (tertiary/aromatic N) is 3. The molecule has 0 amide bonds. The molecule has 2 unspecified atom stereocenters. The van der Waals surface area contributed by atoms with E-state index in [1.807, 2.05) is 0 Å². The predicted molar refractivity (Wildman–Crippen MR) is 222 cm³/mol. The SMILES string of the molecule is CC1(C)C2=CC=CCC2c2cc3c4ccccc4n(-c4ccc5c(c4)oc4cccc(C6=NC(c7ccccc7)BC(c7ccccc7)=N6)c45)c3cc21. The van der Waals surface area contributed by atoms with Gasteiger partial charge in [-0.1, -0.05) is 129 Å². The Bertz CT molecular complexity index is 2920. The molecule has 0 radical (unpaired) electrons. The fourth-order valence-corrected chi connectivity index (χ4v) is 9.39. The smallest absolute Gasteiger partial charge is 0.218 e. The highest BCUT2D eigenvalue weighted by Gasteiger charge is 2.42. The highest BCUT2D eigenvalue weighted by atomic mass is 16.3. The summed E-state index contributed by atoms with van der Waals surface area (Å²) in [5.74, 6) is 1.16. The monoisotopic (exact) mass is 681 g/mol. The zero-order valence-electron chi connectivity index (χ0n) is 29.8. The number of furan rings is 1. The quantitative estimate of drug-likeness (QED) is 0.171. The summed E-state index contributed by atoms with van der Waals surface area (Å²) in [6, 6.07) is 47.8. The summed E-state index contributed by atoms with van der Waals surface area (Å²) < 4.78 is 9.14. The maximum atomic E-state index is 6.71. The number of fused-ring (bicyclic) bond motifs is 9. The van der Waals surface area contributed by atoms with Crippen LogP contribution in [0.4, 0.5) is 0 Å². The highest BCUT2D eigenvalue weighted by Crippen LogP contribution is 2.54. The third-order valence-electron chi connectivity index (χ3n) is 12.0. The molecule has 4 nitrogen and oxygen atoms in total. The van der Waals surface area contributed by atoms with Crippen molar-refractivity contribution in [2.24, 2.45) is 9.98 Å². The largest absolute Gasteiger partial charge is 0.456 e. The lowest BCUT2D eigenvalue weighted by molar-refractivity contribution is 0.612. The number of para-hydroxylation sites is 1. The molecule has 0 saturated carbocycles. The first-order valence-electron chi connectivity index (χ1n) is 18.7. The number of hydrogen-bond donors (Lipinski definition) is 0. The minimum atomic E-state index is -0.0304. The van der Waals surface area contributed by atoms with E-state index in [0.29, 0.717) is 5.92 Å². The second-order valence-electron chi connectivity index (χ2n) is 15.2. The van der Waals surface area contributed by atoms with E-state index in [1.54, 1.807) is 0 Å². The number of rotatable bonds is 4. The minimum absolute atomic E-state index is 0.0243. The number of hydrogen-bond acceptors (Lipinski definition) is 3. The van der Waals surface area contributed by atoms with Crippen molar-refractivity contribution in [3.63, 3.8) is 0 Å². The van der Waals surface area contributed by atoms with E-state index in [0.717, 1.165) is 63.9 Å². The fraction of sp³-hybridized carbons (Fsp3) is 0.125. The van der Waals surface area contributed by atoms with Gasteiger partial charge in [-0.25, -0.2) is 4.99 Å². The van der Waals surface area contributed by atoms with Gasteiger partial charge in [0, 0.05) is 55.8 Å². The van der Waals surface area contributed by atoms with Gasteiger partial charge in [0.15, 0.2) is 5.84 Å². The van der Waals surface area contributed by atoms with Crippen LogP contribution in [0.3, 0.4) is 0 Å². The molecule has 0 fully saturated rings. The molecule has 0 spiro atoms. The molecule has 0 N–H and O–H groups in total. The summed E-state index contributed by atoms with van der Waals surface area (Å²) in [7, 11) is 0.747. The second kappa shape index (κ2) is 11.4. The zero-order chi connectivity index (χ0) is 35.3. The summed E-state index contributed by atoms with van der Waals surface area (Å²) in [6.45, 7) is 4.78. The van der Waals surface area contributed by atoms with Crippen molar-refractivity contribution in [1.82, 2.24) is 4.57 Å². The maximum absolute atomic E-state index is 6.71. The van der Waals surface area contributed by atoms with E-state index in [2.05, 4.69) is 170 Å². The minimum Gasteiger partial charge on any atom is -0.456 e. The maximum Gasteiger partial charge on any atom is 0.218 e. The second-order valence-corrected chi connectivity index (χ2v) is 15.2. The molecular formula is C48H36BN3O. The molecule has 8 aromatic rings. The van der Waals surface area contributed by atoms with Gasteiger partial charge >= 0.3 is 0 Å². The van der Waals surface area contributed by atoms with Gasteiger partial charge in [0.1, 0.15) is 11.2 Å². The summed E-state index contributed by atoms with van der Waals surface area (Å²) in [6.07, 6.45) is 7.97. The average Bonchev–Trinajstić information content (AvgIpc) is 3.82. The van der Waals surface area contributed by atoms with Crippen LogP contribution in [0.5, 0.6) is 0 Å². The van der Waals surface area contributed by atoms with Gasteiger partial charge in [0.05, 0.1) is 17.0 Å². The van der Waals surface area contributed by atoms with Gasteiger partial charge in [0.2, 0.25) is 7.28 Å². The first-order valence-corrected chi connectivity index (χ1v) is 18.7. The summed E-state index contributed by atoms with van der Waals surface area (Å²) >= 11 is 0. The first kappa shape index (κ1) is 30.4. The molecule has 5 heteroatoms. The Labute approximate surface area is 308 Å². The van der Waals surface area contributed by atoms with Crippen LogP contribution < -0.4 is 0 Å². The van der Waals surface area contributed by atoms with Crippen LogP contribution in [0.2, 0.25) is 0 Å². The Morgan fingerprint density at radius 3 is 2.42 bits per heavy atom. The molecule has 252 valence electrons. The van der Waals surface area contributed by atoms with Crippen LogP contribution in [-0.2, 0) is 5.41 Å². The normalized spacial score (nSPS) is 18.9. The van der Waals surface area contributed by atoms with E-state index >= 15 is 0 Å². The molecule has 6 aromatic carbocycles. The topological polar surface area (TPSA) is 42.8 Å². The Morgan fingerprint density at radius 1 is 0.736 bits per heavy atom. The molecule has 3 heterocycles. The highest BCUT2D eigenvalue weighted by molar-refractivity contribution is 6.81. The fourth-order valence-electron chi connectivity index (χ4n) is 9.39. The van der Waals surface area contributed by atoms with Crippen molar-refractivity contribution >= 4 is 62.5 Å². The van der Waals surface area contributed by atoms with Crippen molar-refractivity contribution in [3.05, 3.63) is 185 Å². The third-order valence-corrected chi connectivity index (χ3v) is 12.0. The van der Waals surface area contributed by atoms with Crippen LogP contribution in [0, 0.1) is 0 Å². The lowest BCUT2D eigenvalue weighted by Gasteiger charge is -2.25. The molecule has 0 bridgehead atoms. The Morgan fingerprint density at radius 2 is 1.55 bits per heavy atom. The van der Waals surface area contributed by atoms with E-state index < -0.39 is 0 Å². The average molecular weight is 682 g/mol. The van der Waals surface area contributed by atoms with Gasteiger partial charge in [-0.15, -0.1) is 0 Å². The lowest BCUT2D eigenvalue weighted by Crippen LogP contribution is -2.25. The van der Waals surface area contributed by atoms with Crippen LogP contribution in [0.25, 0.3) is 49.4 Å². The Kier molecular flexibility index (Phi) is 6.55. The molecule has 53 heavy (non-hydrogen) atoms. The van der Waals surface area contributed by atoms with Crippen molar-refractivity contribution in [2.45, 2.75) is 37.5 Å². The molecule has 1 aliphatic heterocycles. The van der Waals surface area contributed by atoms with E-state index in [9.17, 15) is 0 Å². The van der Waals surface area contributed by atoms with E-state index in [4.69, 9.17) is 14.4 Å². The summed E-state index contributed by atoms with van der Waals surface area (Å²) in [4.78, 5) is 10.5. The molecule has 11 rings (SSSR count). The first-order chi connectivity index (χ1) is 26.0. The van der Waals surface area contributed by atoms with Gasteiger partial charge in [-0.2, -0.15) is 0 Å². The number of aliphatic imine (C=N–C) groups is 2. The van der Waals surface area contributed by atoms with Crippen molar-refractivity contribution in [3.8, 4) is 5.69 Å². The summed E-state index contributed by atoms with van der Waals surface area (Å²) in [5.41, 5.74) is 14.0. The number of benzene rings is 6. The summed E-state index contributed by atoms with van der Waals surface area (Å²) in [5, 5.41) is 4.68. The lowest BCUT2D eigenvalue weighted by atomic mass is 9.60. The van der Waals surface area contributed by atoms with Gasteiger partial charge in [0.25, 0.3) is 0 Å². The van der Waals surface area contributed by atoms with Crippen LogP contribution in [0.15, 0.2) is 172 Å².